The van der Waals surface area contributed by atoms with Crippen molar-refractivity contribution in [3.05, 3.63) is 35.4 Å². The van der Waals surface area contributed by atoms with Crippen LogP contribution in [0.4, 0.5) is 9.59 Å². The SMILES string of the molecule is CCCCCNC(=O)N1C[C@@H]2CN(C(=O)N(C)C)[C@@H](c3ccccc3C)[C@@H]2C1.O=CO. The molecule has 2 saturated heterocycles. The summed E-state index contributed by atoms with van der Waals surface area (Å²) < 4.78 is 0. The number of hydrogen-bond donors (Lipinski definition) is 2. The Morgan fingerprint density at radius 3 is 2.48 bits per heavy atom. The number of hydrogen-bond acceptors (Lipinski definition) is 3. The monoisotopic (exact) mass is 432 g/mol. The molecular weight excluding hydrogens is 396 g/mol. The molecule has 2 fully saturated rings. The van der Waals surface area contributed by atoms with Crippen LogP contribution in [0.5, 0.6) is 0 Å². The van der Waals surface area contributed by atoms with Crippen molar-refractivity contribution in [2.24, 2.45) is 11.8 Å². The number of nitrogens with zero attached hydrogens (tertiary/aromatic N) is 3. The maximum atomic E-state index is 12.8. The summed E-state index contributed by atoms with van der Waals surface area (Å²) in [6.07, 6.45) is 3.32. The molecule has 4 amide bonds. The van der Waals surface area contributed by atoms with E-state index in [4.69, 9.17) is 9.90 Å². The summed E-state index contributed by atoms with van der Waals surface area (Å²) >= 11 is 0. The highest BCUT2D eigenvalue weighted by molar-refractivity contribution is 5.76. The maximum Gasteiger partial charge on any atom is 0.320 e. The van der Waals surface area contributed by atoms with Gasteiger partial charge in [-0.05, 0) is 24.5 Å². The maximum absolute atomic E-state index is 12.8. The van der Waals surface area contributed by atoms with E-state index in [1.807, 2.05) is 21.9 Å². The molecule has 8 heteroatoms. The van der Waals surface area contributed by atoms with Crippen molar-refractivity contribution >= 4 is 18.5 Å². The van der Waals surface area contributed by atoms with Gasteiger partial charge in [0.15, 0.2) is 0 Å². The predicted molar refractivity (Wildman–Crippen MR) is 120 cm³/mol. The van der Waals surface area contributed by atoms with Crippen LogP contribution in [0.25, 0.3) is 0 Å². The number of aryl methyl sites for hydroxylation is 1. The molecule has 0 aromatic heterocycles. The minimum atomic E-state index is -0.250. The van der Waals surface area contributed by atoms with E-state index < -0.39 is 0 Å². The first-order valence-electron chi connectivity index (χ1n) is 11.0. The number of nitrogens with one attached hydrogen (secondary N) is 1. The third-order valence-electron chi connectivity index (χ3n) is 6.14. The molecule has 2 aliphatic heterocycles. The standard InChI is InChI=1S/C22H34N4O2.CH2O2/c1-5-6-9-12-23-21(27)25-13-17-14-26(22(28)24(3)4)20(19(17)15-25)18-11-8-7-10-16(18)2;2-1-3/h7-8,10-11,17,19-20H,5-6,9,12-15H2,1-4H3,(H,23,27);1H,(H,2,3)/t17-,19-,20+;/m1./s1. The number of amides is 4. The number of fused-ring (bicyclic) bond motifs is 1. The Hall–Kier alpha value is -2.77. The fraction of sp³-hybridized carbons (Fsp3) is 0.609. The van der Waals surface area contributed by atoms with Crippen LogP contribution in [-0.4, -0.2) is 78.6 Å². The van der Waals surface area contributed by atoms with Gasteiger partial charge >= 0.3 is 12.1 Å². The second-order valence-electron chi connectivity index (χ2n) is 8.50. The van der Waals surface area contributed by atoms with Crippen molar-refractivity contribution in [1.82, 2.24) is 20.0 Å². The van der Waals surface area contributed by atoms with Crippen molar-refractivity contribution in [3.63, 3.8) is 0 Å². The lowest BCUT2D eigenvalue weighted by atomic mass is 9.88. The van der Waals surface area contributed by atoms with E-state index >= 15 is 0 Å². The Morgan fingerprint density at radius 1 is 1.19 bits per heavy atom. The van der Waals surface area contributed by atoms with Gasteiger partial charge in [-0.15, -0.1) is 0 Å². The largest absolute Gasteiger partial charge is 0.483 e. The van der Waals surface area contributed by atoms with E-state index in [1.54, 1.807) is 19.0 Å². The Balaban J connectivity index is 0.00000107. The van der Waals surface area contributed by atoms with E-state index in [-0.39, 0.29) is 30.5 Å². The minimum Gasteiger partial charge on any atom is -0.483 e. The van der Waals surface area contributed by atoms with Crippen molar-refractivity contribution in [2.45, 2.75) is 39.2 Å². The molecular formula is C23H36N4O4. The fourth-order valence-electron chi connectivity index (χ4n) is 4.66. The number of rotatable bonds is 5. The third-order valence-corrected chi connectivity index (χ3v) is 6.14. The van der Waals surface area contributed by atoms with Gasteiger partial charge in [0.2, 0.25) is 0 Å². The molecule has 0 aliphatic carbocycles. The quantitative estimate of drug-likeness (QED) is 0.552. The summed E-state index contributed by atoms with van der Waals surface area (Å²) in [5.74, 6) is 0.612. The summed E-state index contributed by atoms with van der Waals surface area (Å²) in [6.45, 7) is 6.90. The molecule has 0 saturated carbocycles. The zero-order chi connectivity index (χ0) is 23.0. The minimum absolute atomic E-state index is 0.0268. The first-order valence-corrected chi connectivity index (χ1v) is 11.0. The molecule has 0 spiro atoms. The van der Waals surface area contributed by atoms with E-state index in [9.17, 15) is 9.59 Å². The number of carbonyl (C=O) groups excluding carboxylic acids is 2. The molecule has 2 heterocycles. The predicted octanol–water partition coefficient (Wildman–Crippen LogP) is 3.18. The van der Waals surface area contributed by atoms with Gasteiger partial charge in [-0.2, -0.15) is 0 Å². The number of carboxylic acid groups (broad SMARTS) is 1. The summed E-state index contributed by atoms with van der Waals surface area (Å²) in [6, 6.07) is 8.44. The van der Waals surface area contributed by atoms with E-state index in [2.05, 4.69) is 31.3 Å². The van der Waals surface area contributed by atoms with Crippen LogP contribution in [-0.2, 0) is 4.79 Å². The fourth-order valence-corrected chi connectivity index (χ4v) is 4.66. The molecule has 0 radical (unpaired) electrons. The lowest BCUT2D eigenvalue weighted by Crippen LogP contribution is -2.44. The van der Waals surface area contributed by atoms with Gasteiger partial charge in [0, 0.05) is 52.1 Å². The molecule has 1 aromatic carbocycles. The van der Waals surface area contributed by atoms with E-state index in [1.165, 1.54) is 11.1 Å². The van der Waals surface area contributed by atoms with Crippen molar-refractivity contribution in [3.8, 4) is 0 Å². The van der Waals surface area contributed by atoms with Gasteiger partial charge in [0.25, 0.3) is 6.47 Å². The van der Waals surface area contributed by atoms with Crippen LogP contribution >= 0.6 is 0 Å². The average Bonchev–Trinajstić information content (AvgIpc) is 3.30. The second kappa shape index (κ2) is 11.6. The summed E-state index contributed by atoms with van der Waals surface area (Å²) in [7, 11) is 3.61. The normalized spacial score (nSPS) is 21.7. The highest BCUT2D eigenvalue weighted by Gasteiger charge is 2.50. The van der Waals surface area contributed by atoms with Crippen LogP contribution < -0.4 is 5.32 Å². The number of unbranched alkanes of at least 4 members (excludes halogenated alkanes) is 2. The summed E-state index contributed by atoms with van der Waals surface area (Å²) in [5, 5.41) is 9.95. The summed E-state index contributed by atoms with van der Waals surface area (Å²) in [5.41, 5.74) is 2.41. The van der Waals surface area contributed by atoms with Crippen molar-refractivity contribution < 1.29 is 19.5 Å². The number of urea groups is 2. The van der Waals surface area contributed by atoms with Gasteiger partial charge in [0.1, 0.15) is 0 Å². The summed E-state index contributed by atoms with van der Waals surface area (Å²) in [4.78, 5) is 39.4. The van der Waals surface area contributed by atoms with Gasteiger partial charge in [0.05, 0.1) is 6.04 Å². The number of likely N-dealkylation sites (tertiary alicyclic amines) is 2. The zero-order valence-electron chi connectivity index (χ0n) is 19.1. The van der Waals surface area contributed by atoms with Crippen molar-refractivity contribution in [1.29, 1.82) is 0 Å². The van der Waals surface area contributed by atoms with Gasteiger partial charge in [-0.1, -0.05) is 44.0 Å². The molecule has 2 aliphatic rings. The Morgan fingerprint density at radius 2 is 1.87 bits per heavy atom. The third kappa shape index (κ3) is 5.89. The average molecular weight is 433 g/mol. The van der Waals surface area contributed by atoms with Gasteiger partial charge < -0.3 is 25.1 Å². The van der Waals surface area contributed by atoms with E-state index in [0.717, 1.165) is 32.4 Å². The lowest BCUT2D eigenvalue weighted by molar-refractivity contribution is -0.122. The smallest absolute Gasteiger partial charge is 0.320 e. The van der Waals surface area contributed by atoms with Crippen LogP contribution in [0.1, 0.15) is 43.4 Å². The first kappa shape index (κ1) is 24.5. The molecule has 31 heavy (non-hydrogen) atoms. The highest BCUT2D eigenvalue weighted by Crippen LogP contribution is 2.46. The molecule has 8 nitrogen and oxygen atoms in total. The Labute approximate surface area is 185 Å². The zero-order valence-corrected chi connectivity index (χ0v) is 19.1. The number of carbonyl (C=O) groups is 3. The molecule has 1 aromatic rings. The molecule has 0 unspecified atom stereocenters. The molecule has 2 N–H and O–H groups in total. The Bertz CT molecular complexity index is 755. The van der Waals surface area contributed by atoms with Crippen LogP contribution in [0.2, 0.25) is 0 Å². The molecule has 3 rings (SSSR count). The van der Waals surface area contributed by atoms with Gasteiger partial charge in [-0.3, -0.25) is 4.79 Å². The molecule has 172 valence electrons. The molecule has 3 atom stereocenters. The van der Waals surface area contributed by atoms with E-state index in [0.29, 0.717) is 19.0 Å². The van der Waals surface area contributed by atoms with Crippen LogP contribution in [0.3, 0.4) is 0 Å². The topological polar surface area (TPSA) is 93.2 Å². The second-order valence-corrected chi connectivity index (χ2v) is 8.50. The first-order chi connectivity index (χ1) is 14.8. The highest BCUT2D eigenvalue weighted by atomic mass is 16.3. The molecule has 0 bridgehead atoms. The van der Waals surface area contributed by atoms with Crippen LogP contribution in [0.15, 0.2) is 24.3 Å². The van der Waals surface area contributed by atoms with Crippen LogP contribution in [0, 0.1) is 18.8 Å². The lowest BCUT2D eigenvalue weighted by Gasteiger charge is -2.32. The Kier molecular flexibility index (Phi) is 9.15. The number of benzene rings is 1. The van der Waals surface area contributed by atoms with Gasteiger partial charge in [-0.25, -0.2) is 9.59 Å². The van der Waals surface area contributed by atoms with Crippen molar-refractivity contribution in [2.75, 3.05) is 40.3 Å².